The highest BCUT2D eigenvalue weighted by molar-refractivity contribution is 5.96. The molecule has 1 amide bonds. The van der Waals surface area contributed by atoms with Gasteiger partial charge in [-0.2, -0.15) is 0 Å². The van der Waals surface area contributed by atoms with Gasteiger partial charge in [-0.25, -0.2) is 0 Å². The van der Waals surface area contributed by atoms with E-state index in [1.54, 1.807) is 18.1 Å². The predicted octanol–water partition coefficient (Wildman–Crippen LogP) is 2.76. The summed E-state index contributed by atoms with van der Waals surface area (Å²) in [7, 11) is 1.58. The molecule has 25 heavy (non-hydrogen) atoms. The van der Waals surface area contributed by atoms with Gasteiger partial charge in [-0.3, -0.25) is 9.59 Å². The zero-order valence-corrected chi connectivity index (χ0v) is 14.2. The van der Waals surface area contributed by atoms with Crippen molar-refractivity contribution in [1.82, 2.24) is 0 Å². The first-order chi connectivity index (χ1) is 12.2. The van der Waals surface area contributed by atoms with Crippen molar-refractivity contribution in [3.63, 3.8) is 0 Å². The lowest BCUT2D eigenvalue weighted by Gasteiger charge is -2.29. The highest BCUT2D eigenvalue weighted by Gasteiger charge is 2.23. The number of fused-ring (bicyclic) bond motifs is 1. The van der Waals surface area contributed by atoms with Crippen LogP contribution < -0.4 is 9.64 Å². The first-order valence-electron chi connectivity index (χ1n) is 8.34. The molecular formula is C20H21NO4. The molecule has 0 atom stereocenters. The molecule has 2 aromatic rings. The Kier molecular flexibility index (Phi) is 5.33. The third kappa shape index (κ3) is 4.18. The Morgan fingerprint density at radius 3 is 2.80 bits per heavy atom. The van der Waals surface area contributed by atoms with Gasteiger partial charge in [0.25, 0.3) is 5.91 Å². The van der Waals surface area contributed by atoms with E-state index in [9.17, 15) is 9.59 Å². The van der Waals surface area contributed by atoms with Crippen LogP contribution in [-0.2, 0) is 27.2 Å². The summed E-state index contributed by atoms with van der Waals surface area (Å²) >= 11 is 0. The molecule has 2 aromatic carbocycles. The van der Waals surface area contributed by atoms with Gasteiger partial charge in [0, 0.05) is 12.2 Å². The number of hydrogen-bond acceptors (Lipinski definition) is 4. The first kappa shape index (κ1) is 17.0. The molecule has 3 rings (SSSR count). The van der Waals surface area contributed by atoms with E-state index in [2.05, 4.69) is 0 Å². The van der Waals surface area contributed by atoms with Gasteiger partial charge in [-0.15, -0.1) is 0 Å². The number of aryl methyl sites for hydroxylation is 1. The smallest absolute Gasteiger partial charge is 0.310 e. The number of hydrogen-bond donors (Lipinski definition) is 0. The first-order valence-corrected chi connectivity index (χ1v) is 8.34. The van der Waals surface area contributed by atoms with E-state index in [4.69, 9.17) is 9.47 Å². The van der Waals surface area contributed by atoms with Crippen LogP contribution in [0.2, 0.25) is 0 Å². The Morgan fingerprint density at radius 2 is 1.96 bits per heavy atom. The van der Waals surface area contributed by atoms with E-state index >= 15 is 0 Å². The minimum atomic E-state index is -0.424. The van der Waals surface area contributed by atoms with Gasteiger partial charge in [0.15, 0.2) is 6.61 Å². The molecule has 1 aliphatic heterocycles. The maximum absolute atomic E-state index is 12.4. The lowest BCUT2D eigenvalue weighted by molar-refractivity contribution is -0.147. The number of benzene rings is 2. The highest BCUT2D eigenvalue weighted by atomic mass is 16.5. The van der Waals surface area contributed by atoms with E-state index in [0.29, 0.717) is 12.3 Å². The molecule has 0 spiro atoms. The van der Waals surface area contributed by atoms with Crippen LogP contribution in [0.15, 0.2) is 48.5 Å². The van der Waals surface area contributed by atoms with Gasteiger partial charge in [-0.05, 0) is 42.2 Å². The largest absolute Gasteiger partial charge is 0.497 e. The van der Waals surface area contributed by atoms with Crippen LogP contribution in [0.3, 0.4) is 0 Å². The zero-order chi connectivity index (χ0) is 17.6. The second-order valence-electron chi connectivity index (χ2n) is 5.97. The SMILES string of the molecule is COc1cccc(CC(=O)OCC(=O)N2CCCc3ccccc32)c1. The fraction of sp³-hybridized carbons (Fsp3) is 0.300. The molecule has 0 fully saturated rings. The van der Waals surface area contributed by atoms with Crippen LogP contribution in [0, 0.1) is 0 Å². The van der Waals surface area contributed by atoms with Gasteiger partial charge in [-0.1, -0.05) is 30.3 Å². The second kappa shape index (κ2) is 7.83. The van der Waals surface area contributed by atoms with Crippen LogP contribution in [0.1, 0.15) is 17.5 Å². The summed E-state index contributed by atoms with van der Waals surface area (Å²) in [6, 6.07) is 15.1. The molecular weight excluding hydrogens is 318 g/mol. The Balaban J connectivity index is 1.56. The summed E-state index contributed by atoms with van der Waals surface area (Å²) in [6.07, 6.45) is 2.00. The van der Waals surface area contributed by atoms with E-state index in [1.807, 2.05) is 42.5 Å². The zero-order valence-electron chi connectivity index (χ0n) is 14.2. The molecule has 5 heteroatoms. The Hall–Kier alpha value is -2.82. The quantitative estimate of drug-likeness (QED) is 0.786. The van der Waals surface area contributed by atoms with Crippen molar-refractivity contribution in [3.8, 4) is 5.75 Å². The average molecular weight is 339 g/mol. The maximum atomic E-state index is 12.4. The van der Waals surface area contributed by atoms with Crippen molar-refractivity contribution >= 4 is 17.6 Å². The number of esters is 1. The molecule has 0 saturated carbocycles. The van der Waals surface area contributed by atoms with Crippen molar-refractivity contribution in [3.05, 3.63) is 59.7 Å². The van der Waals surface area contributed by atoms with E-state index < -0.39 is 5.97 Å². The van der Waals surface area contributed by atoms with E-state index in [0.717, 1.165) is 29.7 Å². The molecule has 0 aromatic heterocycles. The summed E-state index contributed by atoms with van der Waals surface area (Å²) in [5.74, 6) is 0.0735. The number of rotatable bonds is 5. The van der Waals surface area contributed by atoms with Crippen LogP contribution in [-0.4, -0.2) is 32.1 Å². The number of nitrogens with zero attached hydrogens (tertiary/aromatic N) is 1. The molecule has 0 saturated heterocycles. The molecule has 0 aliphatic carbocycles. The van der Waals surface area contributed by atoms with Crippen molar-refractivity contribution < 1.29 is 19.1 Å². The minimum absolute atomic E-state index is 0.112. The fourth-order valence-corrected chi connectivity index (χ4v) is 3.01. The van der Waals surface area contributed by atoms with Crippen molar-refractivity contribution in [2.45, 2.75) is 19.3 Å². The summed E-state index contributed by atoms with van der Waals surface area (Å²) in [4.78, 5) is 26.2. The molecule has 1 aliphatic rings. The van der Waals surface area contributed by atoms with Crippen molar-refractivity contribution in [2.75, 3.05) is 25.2 Å². The van der Waals surface area contributed by atoms with Crippen LogP contribution in [0.5, 0.6) is 5.75 Å². The predicted molar refractivity (Wildman–Crippen MR) is 94.8 cm³/mol. The standard InChI is InChI=1S/C20H21NO4/c1-24-17-9-4-6-15(12-17)13-20(23)25-14-19(22)21-11-5-8-16-7-2-3-10-18(16)21/h2-4,6-7,9-10,12H,5,8,11,13-14H2,1H3. The van der Waals surface area contributed by atoms with E-state index in [1.165, 1.54) is 0 Å². The minimum Gasteiger partial charge on any atom is -0.497 e. The summed E-state index contributed by atoms with van der Waals surface area (Å²) in [6.45, 7) is 0.417. The van der Waals surface area contributed by atoms with Gasteiger partial charge in [0.05, 0.1) is 13.5 Å². The summed E-state index contributed by atoms with van der Waals surface area (Å²) in [5, 5.41) is 0. The number of para-hydroxylation sites is 1. The second-order valence-corrected chi connectivity index (χ2v) is 5.97. The monoisotopic (exact) mass is 339 g/mol. The lowest BCUT2D eigenvalue weighted by Crippen LogP contribution is -2.38. The Morgan fingerprint density at radius 1 is 1.12 bits per heavy atom. The van der Waals surface area contributed by atoms with E-state index in [-0.39, 0.29) is 18.9 Å². The molecule has 0 unspecified atom stereocenters. The van der Waals surface area contributed by atoms with Crippen LogP contribution in [0.25, 0.3) is 0 Å². The molecule has 0 bridgehead atoms. The van der Waals surface area contributed by atoms with Crippen molar-refractivity contribution in [2.24, 2.45) is 0 Å². The highest BCUT2D eigenvalue weighted by Crippen LogP contribution is 2.26. The fourth-order valence-electron chi connectivity index (χ4n) is 3.01. The number of methoxy groups -OCH3 is 1. The summed E-state index contributed by atoms with van der Waals surface area (Å²) < 4.78 is 10.3. The van der Waals surface area contributed by atoms with Gasteiger partial charge < -0.3 is 14.4 Å². The Bertz CT molecular complexity index is 772. The normalized spacial score (nSPS) is 13.1. The number of ether oxygens (including phenoxy) is 2. The number of anilines is 1. The molecule has 0 N–H and O–H groups in total. The third-order valence-electron chi connectivity index (χ3n) is 4.25. The average Bonchev–Trinajstić information content (AvgIpc) is 2.65. The molecule has 0 radical (unpaired) electrons. The topological polar surface area (TPSA) is 55.8 Å². The number of amides is 1. The lowest BCUT2D eigenvalue weighted by atomic mass is 10.0. The van der Waals surface area contributed by atoms with Gasteiger partial charge in [0.1, 0.15) is 5.75 Å². The maximum Gasteiger partial charge on any atom is 0.310 e. The molecule has 1 heterocycles. The van der Waals surface area contributed by atoms with Crippen molar-refractivity contribution in [1.29, 1.82) is 0 Å². The number of carbonyl (C=O) groups excluding carboxylic acids is 2. The molecule has 130 valence electrons. The molecule has 5 nitrogen and oxygen atoms in total. The van der Waals surface area contributed by atoms with Gasteiger partial charge >= 0.3 is 5.97 Å². The van der Waals surface area contributed by atoms with Gasteiger partial charge in [0.2, 0.25) is 0 Å². The number of carbonyl (C=O) groups is 2. The van der Waals surface area contributed by atoms with Crippen LogP contribution in [0.4, 0.5) is 5.69 Å². The van der Waals surface area contributed by atoms with Crippen LogP contribution >= 0.6 is 0 Å². The Labute approximate surface area is 147 Å². The summed E-state index contributed by atoms with van der Waals surface area (Å²) in [5.41, 5.74) is 2.87. The third-order valence-corrected chi connectivity index (χ3v) is 4.25.